The minimum atomic E-state index is 0.636. The summed E-state index contributed by atoms with van der Waals surface area (Å²) in [4.78, 5) is 9.14. The summed E-state index contributed by atoms with van der Waals surface area (Å²) in [5.41, 5.74) is 3.42. The number of ether oxygens (including phenoxy) is 1. The van der Waals surface area contributed by atoms with Crippen molar-refractivity contribution in [3.05, 3.63) is 47.2 Å². The number of fused-ring (bicyclic) bond motifs is 1. The Labute approximate surface area is 124 Å². The molecule has 0 unspecified atom stereocenters. The lowest BCUT2D eigenvalue weighted by atomic mass is 10.1. The summed E-state index contributed by atoms with van der Waals surface area (Å²) in [6.07, 6.45) is 1.83. The second-order valence-corrected chi connectivity index (χ2v) is 5.07. The zero-order valence-corrected chi connectivity index (χ0v) is 12.2. The van der Waals surface area contributed by atoms with E-state index in [4.69, 9.17) is 4.74 Å². The summed E-state index contributed by atoms with van der Waals surface area (Å²) in [5.74, 6) is 1.33. The van der Waals surface area contributed by atoms with Crippen molar-refractivity contribution in [2.75, 3.05) is 25.5 Å². The van der Waals surface area contributed by atoms with Gasteiger partial charge in [-0.05, 0) is 18.5 Å². The van der Waals surface area contributed by atoms with Crippen LogP contribution in [0.1, 0.15) is 16.8 Å². The molecule has 2 N–H and O–H groups in total. The molecule has 3 rings (SSSR count). The maximum Gasteiger partial charge on any atom is 0.226 e. The summed E-state index contributed by atoms with van der Waals surface area (Å²) in [6.45, 7) is 2.61. The van der Waals surface area contributed by atoms with E-state index in [0.717, 1.165) is 37.2 Å². The normalized spacial score (nSPS) is 14.1. The van der Waals surface area contributed by atoms with Gasteiger partial charge in [0.05, 0.1) is 12.8 Å². The van der Waals surface area contributed by atoms with Crippen molar-refractivity contribution < 1.29 is 4.74 Å². The maximum atomic E-state index is 5.44. The van der Waals surface area contributed by atoms with E-state index in [9.17, 15) is 0 Å². The molecule has 1 aliphatic heterocycles. The Morgan fingerprint density at radius 3 is 2.76 bits per heavy atom. The quantitative estimate of drug-likeness (QED) is 0.896. The largest absolute Gasteiger partial charge is 0.481 e. The molecule has 2 aromatic rings. The fraction of sp³-hybridized carbons (Fsp3) is 0.375. The average molecular weight is 284 g/mol. The summed E-state index contributed by atoms with van der Waals surface area (Å²) in [7, 11) is 1.67. The molecule has 0 fully saturated rings. The van der Waals surface area contributed by atoms with Crippen LogP contribution >= 0.6 is 0 Å². The van der Waals surface area contributed by atoms with Crippen LogP contribution in [0.3, 0.4) is 0 Å². The van der Waals surface area contributed by atoms with E-state index in [2.05, 4.69) is 32.7 Å². The Morgan fingerprint density at radius 1 is 1.14 bits per heavy atom. The molecule has 2 heterocycles. The van der Waals surface area contributed by atoms with Crippen LogP contribution in [0.5, 0.6) is 5.88 Å². The number of methoxy groups -OCH3 is 1. The number of anilines is 1. The maximum absolute atomic E-state index is 5.44. The number of rotatable bonds is 4. The van der Waals surface area contributed by atoms with Crippen molar-refractivity contribution in [2.24, 2.45) is 0 Å². The number of benzene rings is 1. The Balaban J connectivity index is 1.81. The van der Waals surface area contributed by atoms with Crippen LogP contribution in [0.4, 0.5) is 5.95 Å². The van der Waals surface area contributed by atoms with Gasteiger partial charge >= 0.3 is 0 Å². The lowest BCUT2D eigenvalue weighted by Crippen LogP contribution is -2.16. The van der Waals surface area contributed by atoms with Gasteiger partial charge in [-0.25, -0.2) is 4.98 Å². The van der Waals surface area contributed by atoms with Gasteiger partial charge in [-0.15, -0.1) is 0 Å². The minimum Gasteiger partial charge on any atom is -0.481 e. The van der Waals surface area contributed by atoms with Gasteiger partial charge < -0.3 is 15.4 Å². The molecule has 1 aromatic carbocycles. The second-order valence-electron chi connectivity index (χ2n) is 5.07. The van der Waals surface area contributed by atoms with Gasteiger partial charge in [-0.2, -0.15) is 4.98 Å². The highest BCUT2D eigenvalue weighted by molar-refractivity contribution is 5.40. The number of hydrogen-bond acceptors (Lipinski definition) is 5. The van der Waals surface area contributed by atoms with Crippen LogP contribution in [-0.4, -0.2) is 30.2 Å². The van der Waals surface area contributed by atoms with E-state index in [1.54, 1.807) is 7.11 Å². The fourth-order valence-corrected chi connectivity index (χ4v) is 2.54. The van der Waals surface area contributed by atoms with Gasteiger partial charge in [0.1, 0.15) is 0 Å². The molecule has 5 heteroatoms. The Hall–Kier alpha value is -2.14. The van der Waals surface area contributed by atoms with Gasteiger partial charge in [-0.3, -0.25) is 0 Å². The van der Waals surface area contributed by atoms with Gasteiger partial charge in [0.2, 0.25) is 11.8 Å². The Bertz CT molecular complexity index is 601. The van der Waals surface area contributed by atoms with E-state index in [-0.39, 0.29) is 0 Å². The number of hydrogen-bond donors (Lipinski definition) is 2. The molecule has 0 bridgehead atoms. The molecule has 0 radical (unpaired) electrons. The number of nitrogens with zero attached hydrogens (tertiary/aromatic N) is 2. The Kier molecular flexibility index (Phi) is 4.31. The molecule has 5 nitrogen and oxygen atoms in total. The third kappa shape index (κ3) is 3.31. The molecule has 1 aliphatic rings. The molecule has 0 atom stereocenters. The van der Waals surface area contributed by atoms with Gasteiger partial charge in [0, 0.05) is 25.1 Å². The standard InChI is InChI=1S/C16H20N4O/c1-21-15-13-7-9-17-10-8-14(13)19-16(20-15)18-11-12-5-3-2-4-6-12/h2-6,17H,7-11H2,1H3,(H,18,19,20). The molecule has 0 aliphatic carbocycles. The van der Waals surface area contributed by atoms with Crippen LogP contribution in [0.25, 0.3) is 0 Å². The van der Waals surface area contributed by atoms with Crippen molar-refractivity contribution >= 4 is 5.95 Å². The van der Waals surface area contributed by atoms with Gasteiger partial charge in [-0.1, -0.05) is 30.3 Å². The van der Waals surface area contributed by atoms with Crippen LogP contribution in [0.15, 0.2) is 30.3 Å². The van der Waals surface area contributed by atoms with E-state index in [0.29, 0.717) is 18.4 Å². The zero-order chi connectivity index (χ0) is 14.5. The minimum absolute atomic E-state index is 0.636. The lowest BCUT2D eigenvalue weighted by molar-refractivity contribution is 0.391. The third-order valence-corrected chi connectivity index (χ3v) is 3.63. The number of nitrogens with one attached hydrogen (secondary N) is 2. The molecule has 110 valence electrons. The molecule has 0 saturated carbocycles. The van der Waals surface area contributed by atoms with Crippen LogP contribution < -0.4 is 15.4 Å². The van der Waals surface area contributed by atoms with Crippen molar-refractivity contribution in [1.82, 2.24) is 15.3 Å². The highest BCUT2D eigenvalue weighted by Gasteiger charge is 2.16. The van der Waals surface area contributed by atoms with E-state index in [1.165, 1.54) is 5.56 Å². The SMILES string of the molecule is COc1nc(NCc2ccccc2)nc2c1CCNCC2. The zero-order valence-electron chi connectivity index (χ0n) is 12.2. The van der Waals surface area contributed by atoms with Gasteiger partial charge in [0.25, 0.3) is 0 Å². The summed E-state index contributed by atoms with van der Waals surface area (Å²) in [5, 5.41) is 6.66. The average Bonchev–Trinajstić information content (AvgIpc) is 2.78. The second kappa shape index (κ2) is 6.54. The predicted octanol–water partition coefficient (Wildman–Crippen LogP) is 1.79. The van der Waals surface area contributed by atoms with E-state index < -0.39 is 0 Å². The topological polar surface area (TPSA) is 59.1 Å². The molecule has 1 aromatic heterocycles. The van der Waals surface area contributed by atoms with Crippen molar-refractivity contribution in [3.63, 3.8) is 0 Å². The van der Waals surface area contributed by atoms with Crippen molar-refractivity contribution in [3.8, 4) is 5.88 Å². The van der Waals surface area contributed by atoms with Crippen LogP contribution in [-0.2, 0) is 19.4 Å². The van der Waals surface area contributed by atoms with Crippen molar-refractivity contribution in [2.45, 2.75) is 19.4 Å². The first kappa shape index (κ1) is 13.8. The molecule has 0 saturated heterocycles. The predicted molar refractivity (Wildman–Crippen MR) is 82.6 cm³/mol. The molecule has 21 heavy (non-hydrogen) atoms. The van der Waals surface area contributed by atoms with Crippen LogP contribution in [0, 0.1) is 0 Å². The molecule has 0 spiro atoms. The highest BCUT2D eigenvalue weighted by atomic mass is 16.5. The summed E-state index contributed by atoms with van der Waals surface area (Å²) in [6, 6.07) is 10.2. The first-order valence-electron chi connectivity index (χ1n) is 7.29. The van der Waals surface area contributed by atoms with E-state index in [1.807, 2.05) is 18.2 Å². The first-order chi connectivity index (χ1) is 10.4. The third-order valence-electron chi connectivity index (χ3n) is 3.63. The van der Waals surface area contributed by atoms with Gasteiger partial charge in [0.15, 0.2) is 0 Å². The molecular weight excluding hydrogens is 264 g/mol. The smallest absolute Gasteiger partial charge is 0.226 e. The lowest BCUT2D eigenvalue weighted by Gasteiger charge is -2.12. The molecular formula is C16H20N4O. The number of aromatic nitrogens is 2. The monoisotopic (exact) mass is 284 g/mol. The Morgan fingerprint density at radius 2 is 1.95 bits per heavy atom. The fourth-order valence-electron chi connectivity index (χ4n) is 2.54. The van der Waals surface area contributed by atoms with Crippen LogP contribution in [0.2, 0.25) is 0 Å². The summed E-state index contributed by atoms with van der Waals surface area (Å²) >= 11 is 0. The highest BCUT2D eigenvalue weighted by Crippen LogP contribution is 2.23. The first-order valence-corrected chi connectivity index (χ1v) is 7.29. The van der Waals surface area contributed by atoms with Crippen molar-refractivity contribution in [1.29, 1.82) is 0 Å². The van der Waals surface area contributed by atoms with E-state index >= 15 is 0 Å². The summed E-state index contributed by atoms with van der Waals surface area (Å²) < 4.78 is 5.44. The molecule has 0 amide bonds.